The van der Waals surface area contributed by atoms with Crippen LogP contribution in [0.1, 0.15) is 48.9 Å². The van der Waals surface area contributed by atoms with Gasteiger partial charge in [0.25, 0.3) is 0 Å². The van der Waals surface area contributed by atoms with Crippen LogP contribution in [0.15, 0.2) is 18.2 Å². The van der Waals surface area contributed by atoms with Gasteiger partial charge >= 0.3 is 0 Å². The lowest BCUT2D eigenvalue weighted by atomic mass is 9.90. The van der Waals surface area contributed by atoms with Crippen molar-refractivity contribution in [2.45, 2.75) is 57.6 Å². The zero-order chi connectivity index (χ0) is 16.6. The van der Waals surface area contributed by atoms with Crippen LogP contribution >= 0.6 is 0 Å². The second-order valence-electron chi connectivity index (χ2n) is 7.47. The molecule has 1 aromatic carbocycles. The Morgan fingerprint density at radius 3 is 2.96 bits per heavy atom. The summed E-state index contributed by atoms with van der Waals surface area (Å²) >= 11 is 0. The molecule has 0 bridgehead atoms. The Hall–Kier alpha value is -2.12. The van der Waals surface area contributed by atoms with Crippen LogP contribution in [-0.4, -0.2) is 27.7 Å². The molecule has 1 unspecified atom stereocenters. The van der Waals surface area contributed by atoms with E-state index in [1.54, 1.807) is 0 Å². The first-order valence-corrected chi connectivity index (χ1v) is 9.55. The summed E-state index contributed by atoms with van der Waals surface area (Å²) in [4.78, 5) is 0. The maximum absolute atomic E-state index is 5.90. The topological polar surface area (TPSA) is 39.9 Å². The second-order valence-corrected chi connectivity index (χ2v) is 7.47. The molecule has 3 aliphatic rings. The van der Waals surface area contributed by atoms with E-state index in [0.29, 0.717) is 5.92 Å². The van der Waals surface area contributed by atoms with Gasteiger partial charge in [0.15, 0.2) is 0 Å². The lowest BCUT2D eigenvalue weighted by Crippen LogP contribution is -2.25. The minimum absolute atomic E-state index is 0.272. The fourth-order valence-corrected chi connectivity index (χ4v) is 3.86. The van der Waals surface area contributed by atoms with Crippen molar-refractivity contribution >= 4 is 0 Å². The number of nitrogens with zero attached hydrogens (tertiary/aromatic N) is 3. The molecular formula is C21H23N3O. The standard InChI is InChI=1S/C21H23N3O/c1-2-12-25-18(3-1)14-24-21-19-10-8-16(7-6-15-4-5-15)13-17(19)9-11-20(21)22-23-24/h8,10,13,15,18H,1-5,9,11-12,14H2. The van der Waals surface area contributed by atoms with Crippen molar-refractivity contribution in [1.29, 1.82) is 0 Å². The Morgan fingerprint density at radius 1 is 1.16 bits per heavy atom. The van der Waals surface area contributed by atoms with E-state index in [0.717, 1.165) is 43.7 Å². The van der Waals surface area contributed by atoms with Gasteiger partial charge in [-0.1, -0.05) is 23.1 Å². The molecule has 4 heteroatoms. The number of fused-ring (bicyclic) bond motifs is 3. The number of hydrogen-bond donors (Lipinski definition) is 0. The van der Waals surface area contributed by atoms with Crippen LogP contribution in [0, 0.1) is 17.8 Å². The number of benzene rings is 1. The average Bonchev–Trinajstić information content (AvgIpc) is 3.40. The van der Waals surface area contributed by atoms with E-state index >= 15 is 0 Å². The summed E-state index contributed by atoms with van der Waals surface area (Å²) in [6, 6.07) is 6.63. The lowest BCUT2D eigenvalue weighted by Gasteiger charge is -2.24. The van der Waals surface area contributed by atoms with E-state index in [1.165, 1.54) is 42.5 Å². The normalized spacial score (nSPS) is 21.8. The number of ether oxygens (including phenoxy) is 1. The first-order valence-electron chi connectivity index (χ1n) is 9.55. The highest BCUT2D eigenvalue weighted by Crippen LogP contribution is 2.33. The van der Waals surface area contributed by atoms with Crippen molar-refractivity contribution in [3.63, 3.8) is 0 Å². The van der Waals surface area contributed by atoms with E-state index in [2.05, 4.69) is 45.0 Å². The molecule has 0 N–H and O–H groups in total. The van der Waals surface area contributed by atoms with Crippen molar-refractivity contribution in [2.75, 3.05) is 6.61 Å². The molecule has 1 saturated carbocycles. The van der Waals surface area contributed by atoms with E-state index in [1.807, 2.05) is 0 Å². The quantitative estimate of drug-likeness (QED) is 0.791. The van der Waals surface area contributed by atoms with Crippen LogP contribution in [0.4, 0.5) is 0 Å². The highest BCUT2D eigenvalue weighted by molar-refractivity contribution is 5.69. The molecule has 0 amide bonds. The molecule has 128 valence electrons. The van der Waals surface area contributed by atoms with Crippen LogP contribution in [-0.2, 0) is 24.1 Å². The molecule has 1 atom stereocenters. The van der Waals surface area contributed by atoms with Crippen molar-refractivity contribution in [3.05, 3.63) is 35.0 Å². The van der Waals surface area contributed by atoms with Gasteiger partial charge in [-0.25, -0.2) is 4.68 Å². The van der Waals surface area contributed by atoms with Gasteiger partial charge in [-0.15, -0.1) is 5.10 Å². The first-order chi connectivity index (χ1) is 12.4. The predicted molar refractivity (Wildman–Crippen MR) is 96.1 cm³/mol. The predicted octanol–water partition coefficient (Wildman–Crippen LogP) is 3.37. The largest absolute Gasteiger partial charge is 0.376 e. The third kappa shape index (κ3) is 3.09. The lowest BCUT2D eigenvalue weighted by molar-refractivity contribution is 0.00398. The molecule has 1 saturated heterocycles. The molecule has 2 fully saturated rings. The molecular weight excluding hydrogens is 310 g/mol. The Bertz CT molecular complexity index is 848. The Kier molecular flexibility index (Phi) is 3.83. The van der Waals surface area contributed by atoms with Crippen LogP contribution in [0.3, 0.4) is 0 Å². The zero-order valence-corrected chi connectivity index (χ0v) is 14.5. The number of aryl methyl sites for hydroxylation is 2. The third-order valence-corrected chi connectivity index (χ3v) is 5.44. The minimum atomic E-state index is 0.272. The van der Waals surface area contributed by atoms with E-state index in [4.69, 9.17) is 4.74 Å². The maximum atomic E-state index is 5.90. The average molecular weight is 333 g/mol. The molecule has 25 heavy (non-hydrogen) atoms. The van der Waals surface area contributed by atoms with Gasteiger partial charge in [0.05, 0.1) is 24.0 Å². The number of hydrogen-bond acceptors (Lipinski definition) is 3. The van der Waals surface area contributed by atoms with E-state index in [-0.39, 0.29) is 6.10 Å². The Morgan fingerprint density at radius 2 is 2.12 bits per heavy atom. The summed E-state index contributed by atoms with van der Waals surface area (Å²) in [7, 11) is 0. The fraction of sp³-hybridized carbons (Fsp3) is 0.524. The number of aromatic nitrogens is 3. The minimum Gasteiger partial charge on any atom is -0.376 e. The van der Waals surface area contributed by atoms with Crippen molar-refractivity contribution in [3.8, 4) is 23.1 Å². The molecule has 2 aromatic rings. The van der Waals surface area contributed by atoms with Gasteiger partial charge in [0.2, 0.25) is 0 Å². The molecule has 2 aliphatic carbocycles. The van der Waals surface area contributed by atoms with Gasteiger partial charge in [-0.2, -0.15) is 0 Å². The summed E-state index contributed by atoms with van der Waals surface area (Å²) in [6.07, 6.45) is 8.36. The summed E-state index contributed by atoms with van der Waals surface area (Å²) in [5.41, 5.74) is 6.11. The van der Waals surface area contributed by atoms with Crippen molar-refractivity contribution < 1.29 is 4.74 Å². The van der Waals surface area contributed by atoms with Gasteiger partial charge in [0.1, 0.15) is 0 Å². The Labute approximate surface area is 148 Å². The highest BCUT2D eigenvalue weighted by Gasteiger charge is 2.25. The molecule has 4 nitrogen and oxygen atoms in total. The molecule has 1 aromatic heterocycles. The highest BCUT2D eigenvalue weighted by atomic mass is 16.5. The van der Waals surface area contributed by atoms with E-state index in [9.17, 15) is 0 Å². The molecule has 5 rings (SSSR count). The molecule has 0 radical (unpaired) electrons. The second kappa shape index (κ2) is 6.31. The number of rotatable bonds is 2. The van der Waals surface area contributed by atoms with Crippen LogP contribution in [0.5, 0.6) is 0 Å². The smallest absolute Gasteiger partial charge is 0.0921 e. The molecule has 0 spiro atoms. The zero-order valence-electron chi connectivity index (χ0n) is 14.5. The van der Waals surface area contributed by atoms with Crippen LogP contribution in [0.25, 0.3) is 11.3 Å². The molecule has 2 heterocycles. The van der Waals surface area contributed by atoms with Gasteiger partial charge in [-0.05, 0) is 62.6 Å². The summed E-state index contributed by atoms with van der Waals surface area (Å²) in [5.74, 6) is 7.35. The van der Waals surface area contributed by atoms with Gasteiger partial charge in [-0.3, -0.25) is 0 Å². The summed E-state index contributed by atoms with van der Waals surface area (Å²) in [6.45, 7) is 1.69. The van der Waals surface area contributed by atoms with Gasteiger partial charge in [0, 0.05) is 23.7 Å². The summed E-state index contributed by atoms with van der Waals surface area (Å²) < 4.78 is 7.97. The van der Waals surface area contributed by atoms with Crippen LogP contribution < -0.4 is 0 Å². The van der Waals surface area contributed by atoms with E-state index < -0.39 is 0 Å². The maximum Gasteiger partial charge on any atom is 0.0921 e. The van der Waals surface area contributed by atoms with Crippen molar-refractivity contribution in [1.82, 2.24) is 15.0 Å². The fourth-order valence-electron chi connectivity index (χ4n) is 3.86. The molecule has 1 aliphatic heterocycles. The third-order valence-electron chi connectivity index (χ3n) is 5.44. The van der Waals surface area contributed by atoms with Gasteiger partial charge < -0.3 is 4.74 Å². The first kappa shape index (κ1) is 15.2. The SMILES string of the molecule is C(#CC1CC1)c1ccc2c(c1)CCc1nnn(CC3CCCCO3)c1-2. The summed E-state index contributed by atoms with van der Waals surface area (Å²) in [5, 5.41) is 8.88. The Balaban J connectivity index is 1.45. The van der Waals surface area contributed by atoms with Crippen LogP contribution in [0.2, 0.25) is 0 Å². The monoisotopic (exact) mass is 333 g/mol. The van der Waals surface area contributed by atoms with Crippen molar-refractivity contribution in [2.24, 2.45) is 5.92 Å².